The topological polar surface area (TPSA) is 82.2 Å². The third-order valence-corrected chi connectivity index (χ3v) is 5.53. The molecular formula is C15H26N4O2. The molecule has 0 bridgehead atoms. The lowest BCUT2D eigenvalue weighted by Crippen LogP contribution is -2.63. The van der Waals surface area contributed by atoms with Crippen LogP contribution in [0.25, 0.3) is 0 Å². The molecule has 3 aliphatic rings. The summed E-state index contributed by atoms with van der Waals surface area (Å²) in [5.41, 5.74) is 5.11. The molecule has 0 radical (unpaired) electrons. The fourth-order valence-corrected chi connectivity index (χ4v) is 4.36. The van der Waals surface area contributed by atoms with Gasteiger partial charge < -0.3 is 15.8 Å². The van der Waals surface area contributed by atoms with Crippen molar-refractivity contribution in [3.8, 4) is 0 Å². The molecule has 0 spiro atoms. The van der Waals surface area contributed by atoms with Crippen molar-refractivity contribution in [1.29, 1.82) is 0 Å². The smallest absolute Gasteiger partial charge is 0.236 e. The molecule has 3 rings (SSSR count). The molecule has 6 heteroatoms. The summed E-state index contributed by atoms with van der Waals surface area (Å²) in [7, 11) is 0. The molecule has 1 unspecified atom stereocenters. The van der Waals surface area contributed by atoms with E-state index in [9.17, 15) is 4.79 Å². The Hall–Kier alpha value is -1.30. The van der Waals surface area contributed by atoms with Gasteiger partial charge in [-0.1, -0.05) is 18.5 Å². The predicted octanol–water partition coefficient (Wildman–Crippen LogP) is 0.846. The molecule has 2 saturated heterocycles. The van der Waals surface area contributed by atoms with E-state index in [-0.39, 0.29) is 11.7 Å². The molecule has 0 aromatic rings. The van der Waals surface area contributed by atoms with E-state index in [1.165, 1.54) is 19.3 Å². The van der Waals surface area contributed by atoms with Crippen LogP contribution < -0.4 is 5.73 Å². The maximum atomic E-state index is 13.0. The number of carbonyl (C=O) groups is 1. The van der Waals surface area contributed by atoms with Gasteiger partial charge in [0.15, 0.2) is 5.84 Å². The second-order valence-electron chi connectivity index (χ2n) is 7.02. The van der Waals surface area contributed by atoms with Crippen LogP contribution in [0.5, 0.6) is 0 Å². The molecule has 21 heavy (non-hydrogen) atoms. The van der Waals surface area contributed by atoms with Gasteiger partial charge in [0.1, 0.15) is 5.41 Å². The summed E-state index contributed by atoms with van der Waals surface area (Å²) in [5.74, 6) is 0.628. The molecule has 3 fully saturated rings. The van der Waals surface area contributed by atoms with Crippen LogP contribution in [-0.2, 0) is 4.79 Å². The largest absolute Gasteiger partial charge is 0.409 e. The average molecular weight is 294 g/mol. The normalized spacial score (nSPS) is 37.8. The van der Waals surface area contributed by atoms with E-state index >= 15 is 0 Å². The van der Waals surface area contributed by atoms with Crippen molar-refractivity contribution in [2.75, 3.05) is 26.2 Å². The van der Waals surface area contributed by atoms with Gasteiger partial charge in [0.25, 0.3) is 0 Å². The first-order valence-corrected chi connectivity index (χ1v) is 8.08. The molecule has 2 aliphatic heterocycles. The van der Waals surface area contributed by atoms with E-state index < -0.39 is 5.41 Å². The van der Waals surface area contributed by atoms with Crippen molar-refractivity contribution in [3.05, 3.63) is 0 Å². The van der Waals surface area contributed by atoms with Gasteiger partial charge in [-0.15, -0.1) is 0 Å². The SMILES string of the molecule is CC1CC(C(=O)N2CCN3CCCCC3C2)(C(N)=NO)C1. The second-order valence-corrected chi connectivity index (χ2v) is 7.02. The number of fused-ring (bicyclic) bond motifs is 1. The fraction of sp³-hybridized carbons (Fsp3) is 0.867. The van der Waals surface area contributed by atoms with E-state index in [1.54, 1.807) is 0 Å². The summed E-state index contributed by atoms with van der Waals surface area (Å²) in [5, 5.41) is 12.2. The summed E-state index contributed by atoms with van der Waals surface area (Å²) in [6, 6.07) is 0.498. The maximum absolute atomic E-state index is 13.0. The summed E-state index contributed by atoms with van der Waals surface area (Å²) in [6.07, 6.45) is 5.11. The zero-order valence-corrected chi connectivity index (χ0v) is 12.8. The molecule has 2 heterocycles. The number of carbonyl (C=O) groups excluding carboxylic acids is 1. The number of amides is 1. The molecule has 0 aromatic heterocycles. The number of amidine groups is 1. The minimum atomic E-state index is -0.745. The monoisotopic (exact) mass is 294 g/mol. The quantitative estimate of drug-likeness (QED) is 0.342. The number of hydrogen-bond acceptors (Lipinski definition) is 4. The summed E-state index contributed by atoms with van der Waals surface area (Å²) in [4.78, 5) is 17.4. The lowest BCUT2D eigenvalue weighted by Gasteiger charge is -2.50. The number of piperazine rings is 1. The summed E-state index contributed by atoms with van der Waals surface area (Å²) >= 11 is 0. The van der Waals surface area contributed by atoms with Gasteiger partial charge in [-0.3, -0.25) is 9.69 Å². The van der Waals surface area contributed by atoms with Gasteiger partial charge in [-0.05, 0) is 38.1 Å². The Morgan fingerprint density at radius 3 is 2.71 bits per heavy atom. The Bertz CT molecular complexity index is 445. The van der Waals surface area contributed by atoms with Crippen molar-refractivity contribution < 1.29 is 10.0 Å². The molecule has 118 valence electrons. The standard InChI is InChI=1S/C15H26N4O2/c1-11-8-15(9-11,13(16)17-21)14(20)19-7-6-18-5-3-2-4-12(18)10-19/h11-12,21H,2-10H2,1H3,(H2,16,17). The first kappa shape index (κ1) is 14.6. The molecule has 6 nitrogen and oxygen atoms in total. The van der Waals surface area contributed by atoms with Gasteiger partial charge in [0.2, 0.25) is 5.91 Å². The van der Waals surface area contributed by atoms with Crippen LogP contribution in [0.2, 0.25) is 0 Å². The Morgan fingerprint density at radius 2 is 2.05 bits per heavy atom. The molecule has 1 atom stereocenters. The van der Waals surface area contributed by atoms with E-state index in [0.717, 1.165) is 26.2 Å². The number of rotatable bonds is 2. The van der Waals surface area contributed by atoms with Crippen LogP contribution in [0.15, 0.2) is 5.16 Å². The molecule has 3 N–H and O–H groups in total. The Morgan fingerprint density at radius 1 is 1.29 bits per heavy atom. The second kappa shape index (κ2) is 5.48. The number of nitrogens with zero attached hydrogens (tertiary/aromatic N) is 3. The van der Waals surface area contributed by atoms with Crippen molar-refractivity contribution in [2.24, 2.45) is 22.2 Å². The highest BCUT2D eigenvalue weighted by molar-refractivity contribution is 6.07. The van der Waals surface area contributed by atoms with Crippen molar-refractivity contribution >= 4 is 11.7 Å². The average Bonchev–Trinajstić information content (AvgIpc) is 2.49. The first-order chi connectivity index (χ1) is 10.1. The van der Waals surface area contributed by atoms with Crippen molar-refractivity contribution in [2.45, 2.75) is 45.1 Å². The van der Waals surface area contributed by atoms with Crippen LogP contribution >= 0.6 is 0 Å². The summed E-state index contributed by atoms with van der Waals surface area (Å²) < 4.78 is 0. The van der Waals surface area contributed by atoms with E-state index in [0.29, 0.717) is 24.8 Å². The lowest BCUT2D eigenvalue weighted by molar-refractivity contribution is -0.148. The third kappa shape index (κ3) is 2.39. The number of oxime groups is 1. The predicted molar refractivity (Wildman–Crippen MR) is 80.0 cm³/mol. The number of hydrogen-bond donors (Lipinski definition) is 2. The zero-order valence-electron chi connectivity index (χ0n) is 12.8. The first-order valence-electron chi connectivity index (χ1n) is 8.08. The van der Waals surface area contributed by atoms with Crippen LogP contribution in [0.4, 0.5) is 0 Å². The van der Waals surface area contributed by atoms with Gasteiger partial charge in [0.05, 0.1) is 0 Å². The van der Waals surface area contributed by atoms with E-state index in [2.05, 4.69) is 17.0 Å². The Balaban J connectivity index is 1.72. The molecule has 1 saturated carbocycles. The van der Waals surface area contributed by atoms with Gasteiger partial charge in [-0.25, -0.2) is 0 Å². The molecule has 1 amide bonds. The van der Waals surface area contributed by atoms with Crippen LogP contribution in [0.1, 0.15) is 39.0 Å². The molecular weight excluding hydrogens is 268 g/mol. The van der Waals surface area contributed by atoms with Crippen molar-refractivity contribution in [3.63, 3.8) is 0 Å². The van der Waals surface area contributed by atoms with Crippen LogP contribution in [0, 0.1) is 11.3 Å². The highest BCUT2D eigenvalue weighted by atomic mass is 16.4. The zero-order chi connectivity index (χ0) is 15.0. The highest BCUT2D eigenvalue weighted by Crippen LogP contribution is 2.47. The van der Waals surface area contributed by atoms with Gasteiger partial charge in [0, 0.05) is 25.7 Å². The minimum Gasteiger partial charge on any atom is -0.409 e. The van der Waals surface area contributed by atoms with Gasteiger partial charge >= 0.3 is 0 Å². The summed E-state index contributed by atoms with van der Waals surface area (Å²) in [6.45, 7) is 5.79. The maximum Gasteiger partial charge on any atom is 0.236 e. The third-order valence-electron chi connectivity index (χ3n) is 5.53. The van der Waals surface area contributed by atoms with E-state index in [4.69, 9.17) is 10.9 Å². The molecule has 1 aliphatic carbocycles. The van der Waals surface area contributed by atoms with Crippen LogP contribution in [0.3, 0.4) is 0 Å². The fourth-order valence-electron chi connectivity index (χ4n) is 4.36. The number of nitrogens with two attached hydrogens (primary N) is 1. The highest BCUT2D eigenvalue weighted by Gasteiger charge is 2.54. The number of piperidine rings is 1. The Kier molecular flexibility index (Phi) is 3.82. The Labute approximate surface area is 125 Å². The van der Waals surface area contributed by atoms with Crippen LogP contribution in [-0.4, -0.2) is 59.0 Å². The minimum absolute atomic E-state index is 0.0705. The van der Waals surface area contributed by atoms with Crippen molar-refractivity contribution in [1.82, 2.24) is 9.80 Å². The van der Waals surface area contributed by atoms with Gasteiger partial charge in [-0.2, -0.15) is 0 Å². The molecule has 0 aromatic carbocycles. The van der Waals surface area contributed by atoms with E-state index in [1.807, 2.05) is 4.90 Å². The lowest BCUT2D eigenvalue weighted by atomic mass is 9.61.